The Bertz CT molecular complexity index is 449. The van der Waals surface area contributed by atoms with E-state index in [4.69, 9.17) is 15.2 Å². The minimum atomic E-state index is -0.188. The Balaban J connectivity index is 2.94. The van der Waals surface area contributed by atoms with Gasteiger partial charge in [-0.05, 0) is 17.5 Å². The largest absolute Gasteiger partial charge is 0.497 e. The molecule has 0 saturated carbocycles. The van der Waals surface area contributed by atoms with Crippen LogP contribution in [0, 0.1) is 5.41 Å². The summed E-state index contributed by atoms with van der Waals surface area (Å²) in [4.78, 5) is 12.3. The molecule has 1 rings (SSSR count). The van der Waals surface area contributed by atoms with Crippen molar-refractivity contribution in [2.75, 3.05) is 14.2 Å². The summed E-state index contributed by atoms with van der Waals surface area (Å²) >= 11 is 0. The second kappa shape index (κ2) is 6.06. The topological polar surface area (TPSA) is 61.5 Å². The number of Topliss-reactive ketones (excluding diaryl/α,β-unsaturated/α-hetero) is 1. The normalized spacial score (nSPS) is 12.9. The van der Waals surface area contributed by atoms with Crippen molar-refractivity contribution in [3.8, 4) is 11.5 Å². The molecule has 1 atom stereocenters. The Kier molecular flexibility index (Phi) is 4.95. The number of benzene rings is 1. The zero-order valence-corrected chi connectivity index (χ0v) is 12.3. The minimum absolute atomic E-state index is 0.0121. The molecule has 1 unspecified atom stereocenters. The number of methoxy groups -OCH3 is 2. The van der Waals surface area contributed by atoms with Gasteiger partial charge in [-0.25, -0.2) is 0 Å². The number of rotatable bonds is 5. The van der Waals surface area contributed by atoms with Gasteiger partial charge in [0.1, 0.15) is 11.5 Å². The fourth-order valence-electron chi connectivity index (χ4n) is 1.64. The monoisotopic (exact) mass is 265 g/mol. The van der Waals surface area contributed by atoms with Gasteiger partial charge in [-0.1, -0.05) is 20.8 Å². The van der Waals surface area contributed by atoms with Crippen LogP contribution < -0.4 is 15.2 Å². The number of ether oxygens (including phenoxy) is 2. The Labute approximate surface area is 114 Å². The van der Waals surface area contributed by atoms with Crippen LogP contribution in [0.4, 0.5) is 0 Å². The molecule has 0 amide bonds. The molecule has 106 valence electrons. The maximum absolute atomic E-state index is 12.3. The predicted octanol–water partition coefficient (Wildman–Crippen LogP) is 2.65. The van der Waals surface area contributed by atoms with Crippen LogP contribution in [0.3, 0.4) is 0 Å². The van der Waals surface area contributed by atoms with Crippen molar-refractivity contribution >= 4 is 5.78 Å². The van der Waals surface area contributed by atoms with E-state index in [1.165, 1.54) is 7.11 Å². The maximum Gasteiger partial charge on any atom is 0.168 e. The zero-order valence-electron chi connectivity index (χ0n) is 12.3. The molecule has 0 aliphatic heterocycles. The van der Waals surface area contributed by atoms with E-state index >= 15 is 0 Å². The molecule has 0 aliphatic rings. The first-order valence-corrected chi connectivity index (χ1v) is 6.30. The number of ketones is 1. The van der Waals surface area contributed by atoms with Crippen molar-refractivity contribution in [1.82, 2.24) is 0 Å². The highest BCUT2D eigenvalue weighted by atomic mass is 16.5. The first kappa shape index (κ1) is 15.5. The van der Waals surface area contributed by atoms with Crippen LogP contribution in [0.5, 0.6) is 11.5 Å². The number of nitrogens with two attached hydrogens (primary N) is 1. The number of carbonyl (C=O) groups excluding carboxylic acids is 1. The van der Waals surface area contributed by atoms with Crippen molar-refractivity contribution in [2.24, 2.45) is 11.1 Å². The summed E-state index contributed by atoms with van der Waals surface area (Å²) in [5, 5.41) is 0. The molecular formula is C15H23NO3. The van der Waals surface area contributed by atoms with Crippen molar-refractivity contribution in [1.29, 1.82) is 0 Å². The molecule has 2 N–H and O–H groups in total. The van der Waals surface area contributed by atoms with Gasteiger partial charge in [0.2, 0.25) is 0 Å². The molecule has 0 saturated heterocycles. The van der Waals surface area contributed by atoms with Gasteiger partial charge in [-0.2, -0.15) is 0 Å². The van der Waals surface area contributed by atoms with E-state index in [0.717, 1.165) is 0 Å². The fraction of sp³-hybridized carbons (Fsp3) is 0.533. The highest BCUT2D eigenvalue weighted by Gasteiger charge is 2.25. The van der Waals surface area contributed by atoms with E-state index in [9.17, 15) is 4.79 Å². The minimum Gasteiger partial charge on any atom is -0.497 e. The first-order valence-electron chi connectivity index (χ1n) is 6.30. The van der Waals surface area contributed by atoms with Crippen LogP contribution in [-0.4, -0.2) is 26.0 Å². The third kappa shape index (κ3) is 3.96. The van der Waals surface area contributed by atoms with Crippen molar-refractivity contribution in [3.05, 3.63) is 23.8 Å². The van der Waals surface area contributed by atoms with E-state index in [1.807, 2.05) is 20.8 Å². The Morgan fingerprint density at radius 1 is 1.26 bits per heavy atom. The van der Waals surface area contributed by atoms with Gasteiger partial charge in [-0.15, -0.1) is 0 Å². The zero-order chi connectivity index (χ0) is 14.6. The standard InChI is InChI=1S/C15H23NO3/c1-15(2,3)14(16)9-12(17)11-7-6-10(18-4)8-13(11)19-5/h6-8,14H,9,16H2,1-5H3. The van der Waals surface area contributed by atoms with Gasteiger partial charge >= 0.3 is 0 Å². The molecule has 0 aromatic heterocycles. The molecule has 1 aromatic carbocycles. The number of hydrogen-bond acceptors (Lipinski definition) is 4. The summed E-state index contributed by atoms with van der Waals surface area (Å²) < 4.78 is 10.3. The maximum atomic E-state index is 12.3. The third-order valence-electron chi connectivity index (χ3n) is 3.23. The Morgan fingerprint density at radius 3 is 2.37 bits per heavy atom. The summed E-state index contributed by atoms with van der Waals surface area (Å²) in [7, 11) is 3.11. The number of hydrogen-bond donors (Lipinski definition) is 1. The molecule has 4 heteroatoms. The summed E-state index contributed by atoms with van der Waals surface area (Å²) in [5.74, 6) is 1.17. The smallest absolute Gasteiger partial charge is 0.168 e. The molecule has 0 fully saturated rings. The molecule has 4 nitrogen and oxygen atoms in total. The lowest BCUT2D eigenvalue weighted by Crippen LogP contribution is -2.37. The molecule has 0 aliphatic carbocycles. The van der Waals surface area contributed by atoms with Crippen molar-refractivity contribution in [2.45, 2.75) is 33.2 Å². The van der Waals surface area contributed by atoms with Gasteiger partial charge in [0.25, 0.3) is 0 Å². The Hall–Kier alpha value is -1.55. The summed E-state index contributed by atoms with van der Waals surface area (Å²) in [6.07, 6.45) is 0.298. The lowest BCUT2D eigenvalue weighted by molar-refractivity contribution is 0.0950. The highest BCUT2D eigenvalue weighted by Crippen LogP contribution is 2.28. The summed E-state index contributed by atoms with van der Waals surface area (Å²) in [5.41, 5.74) is 6.49. The van der Waals surface area contributed by atoms with Crippen LogP contribution in [0.2, 0.25) is 0 Å². The van der Waals surface area contributed by atoms with Gasteiger partial charge in [0, 0.05) is 18.5 Å². The fourth-order valence-corrected chi connectivity index (χ4v) is 1.64. The van der Waals surface area contributed by atoms with Gasteiger partial charge in [0.05, 0.1) is 19.8 Å². The Morgan fingerprint density at radius 2 is 1.89 bits per heavy atom. The van der Waals surface area contributed by atoms with Crippen LogP contribution in [0.25, 0.3) is 0 Å². The van der Waals surface area contributed by atoms with E-state index in [0.29, 0.717) is 23.5 Å². The van der Waals surface area contributed by atoms with E-state index in [2.05, 4.69) is 0 Å². The second-order valence-corrected chi connectivity index (χ2v) is 5.67. The average molecular weight is 265 g/mol. The van der Waals surface area contributed by atoms with Crippen LogP contribution in [0.15, 0.2) is 18.2 Å². The first-order chi connectivity index (χ1) is 8.79. The molecule has 0 radical (unpaired) electrons. The predicted molar refractivity (Wildman–Crippen MR) is 75.9 cm³/mol. The lowest BCUT2D eigenvalue weighted by atomic mass is 9.83. The SMILES string of the molecule is COc1ccc(C(=O)CC(N)C(C)(C)C)c(OC)c1. The van der Waals surface area contributed by atoms with Crippen LogP contribution >= 0.6 is 0 Å². The van der Waals surface area contributed by atoms with Crippen molar-refractivity contribution < 1.29 is 14.3 Å². The molecular weight excluding hydrogens is 242 g/mol. The highest BCUT2D eigenvalue weighted by molar-refractivity contribution is 5.99. The van der Waals surface area contributed by atoms with E-state index < -0.39 is 0 Å². The molecule has 19 heavy (non-hydrogen) atoms. The van der Waals surface area contributed by atoms with E-state index in [-0.39, 0.29) is 17.2 Å². The average Bonchev–Trinajstić information content (AvgIpc) is 2.36. The second-order valence-electron chi connectivity index (χ2n) is 5.67. The quantitative estimate of drug-likeness (QED) is 0.831. The van der Waals surface area contributed by atoms with Crippen molar-refractivity contribution in [3.63, 3.8) is 0 Å². The van der Waals surface area contributed by atoms with Gasteiger partial charge in [0.15, 0.2) is 5.78 Å². The number of carbonyl (C=O) groups is 1. The van der Waals surface area contributed by atoms with Gasteiger partial charge in [-0.3, -0.25) is 4.79 Å². The lowest BCUT2D eigenvalue weighted by Gasteiger charge is -2.26. The summed E-state index contributed by atoms with van der Waals surface area (Å²) in [6, 6.07) is 4.98. The molecule has 0 spiro atoms. The molecule has 1 aromatic rings. The van der Waals surface area contributed by atoms with E-state index in [1.54, 1.807) is 25.3 Å². The van der Waals surface area contributed by atoms with Crippen LogP contribution in [0.1, 0.15) is 37.6 Å². The molecule has 0 heterocycles. The third-order valence-corrected chi connectivity index (χ3v) is 3.23. The summed E-state index contributed by atoms with van der Waals surface area (Å²) in [6.45, 7) is 6.07. The van der Waals surface area contributed by atoms with Gasteiger partial charge < -0.3 is 15.2 Å². The molecule has 0 bridgehead atoms. The van der Waals surface area contributed by atoms with Crippen LogP contribution in [-0.2, 0) is 0 Å².